The molecule has 1 aromatic carbocycles. The van der Waals surface area contributed by atoms with Crippen LogP contribution in [0.15, 0.2) is 23.2 Å². The number of ether oxygens (including phenoxy) is 1. The van der Waals surface area contributed by atoms with E-state index in [-0.39, 0.29) is 17.6 Å². The van der Waals surface area contributed by atoms with E-state index >= 15 is 0 Å². The van der Waals surface area contributed by atoms with Crippen molar-refractivity contribution in [2.75, 3.05) is 0 Å². The zero-order chi connectivity index (χ0) is 15.2. The number of para-hydroxylation sites is 1. The molecule has 1 amide bonds. The molecule has 112 valence electrons. The lowest BCUT2D eigenvalue weighted by Gasteiger charge is -2.18. The summed E-state index contributed by atoms with van der Waals surface area (Å²) in [5.74, 6) is 1.24. The van der Waals surface area contributed by atoms with E-state index < -0.39 is 6.04 Å². The van der Waals surface area contributed by atoms with Crippen LogP contribution < -0.4 is 15.4 Å². The van der Waals surface area contributed by atoms with Gasteiger partial charge in [0.15, 0.2) is 12.0 Å². The summed E-state index contributed by atoms with van der Waals surface area (Å²) in [5.41, 5.74) is 1.76. The van der Waals surface area contributed by atoms with Crippen molar-refractivity contribution in [1.29, 1.82) is 0 Å². The third-order valence-electron chi connectivity index (χ3n) is 3.59. The second-order valence-corrected chi connectivity index (χ2v) is 6.54. The van der Waals surface area contributed by atoms with Crippen LogP contribution in [0, 0.1) is 0 Å². The Kier molecular flexibility index (Phi) is 3.15. The van der Waals surface area contributed by atoms with Gasteiger partial charge in [-0.15, -0.1) is 0 Å². The lowest BCUT2D eigenvalue weighted by atomic mass is 9.98. The predicted molar refractivity (Wildman–Crippen MR) is 81.4 cm³/mol. The molecule has 1 aromatic rings. The van der Waals surface area contributed by atoms with Gasteiger partial charge in [0.2, 0.25) is 0 Å². The molecule has 0 aromatic heterocycles. The molecule has 0 bridgehead atoms. The maximum absolute atomic E-state index is 12.2. The molecule has 21 heavy (non-hydrogen) atoms. The number of fused-ring (bicyclic) bond motifs is 1. The minimum atomic E-state index is -0.532. The van der Waals surface area contributed by atoms with Gasteiger partial charge in [0.25, 0.3) is 5.91 Å². The van der Waals surface area contributed by atoms with E-state index in [2.05, 4.69) is 35.5 Å². The average molecular weight is 287 g/mol. The molecule has 0 saturated carbocycles. The van der Waals surface area contributed by atoms with Gasteiger partial charge in [0.05, 0.1) is 0 Å². The summed E-state index contributed by atoms with van der Waals surface area (Å²) in [4.78, 5) is 16.7. The van der Waals surface area contributed by atoms with Crippen molar-refractivity contribution in [3.05, 3.63) is 29.3 Å². The number of benzene rings is 1. The SMILES string of the molecule is CC(C)NC1=NC(c2cccc3c2OC(C)(C)C3)C(=O)N1. The van der Waals surface area contributed by atoms with E-state index in [0.29, 0.717) is 5.96 Å². The molecule has 3 rings (SSSR count). The Balaban J connectivity index is 1.94. The Morgan fingerprint density at radius 2 is 2.19 bits per heavy atom. The normalized spacial score (nSPS) is 22.6. The lowest BCUT2D eigenvalue weighted by Crippen LogP contribution is -2.40. The summed E-state index contributed by atoms with van der Waals surface area (Å²) >= 11 is 0. The van der Waals surface area contributed by atoms with Crippen molar-refractivity contribution in [2.45, 2.75) is 51.8 Å². The standard InChI is InChI=1S/C16H21N3O2/c1-9(2)17-15-18-12(14(20)19-15)11-7-5-6-10-8-16(3,4)21-13(10)11/h5-7,9,12H,8H2,1-4H3,(H2,17,18,19,20). The fourth-order valence-electron chi connectivity index (χ4n) is 2.82. The number of rotatable bonds is 2. The zero-order valence-corrected chi connectivity index (χ0v) is 12.9. The van der Waals surface area contributed by atoms with Gasteiger partial charge in [-0.05, 0) is 33.3 Å². The first-order valence-corrected chi connectivity index (χ1v) is 7.32. The minimum Gasteiger partial charge on any atom is -0.487 e. The second kappa shape index (κ2) is 4.76. The highest BCUT2D eigenvalue weighted by Gasteiger charge is 2.37. The van der Waals surface area contributed by atoms with E-state index in [1.807, 2.05) is 26.0 Å². The highest BCUT2D eigenvalue weighted by Crippen LogP contribution is 2.41. The van der Waals surface area contributed by atoms with Gasteiger partial charge in [0.1, 0.15) is 11.4 Å². The molecule has 5 heteroatoms. The summed E-state index contributed by atoms with van der Waals surface area (Å²) in [6.45, 7) is 8.13. The van der Waals surface area contributed by atoms with Gasteiger partial charge in [-0.1, -0.05) is 18.2 Å². The van der Waals surface area contributed by atoms with Crippen molar-refractivity contribution in [3.63, 3.8) is 0 Å². The maximum atomic E-state index is 12.2. The smallest absolute Gasteiger partial charge is 0.256 e. The molecule has 0 fully saturated rings. The van der Waals surface area contributed by atoms with Crippen molar-refractivity contribution < 1.29 is 9.53 Å². The molecule has 5 nitrogen and oxygen atoms in total. The molecule has 2 aliphatic heterocycles. The van der Waals surface area contributed by atoms with Crippen molar-refractivity contribution in [1.82, 2.24) is 10.6 Å². The number of amides is 1. The summed E-state index contributed by atoms with van der Waals surface area (Å²) in [6.07, 6.45) is 0.853. The number of hydrogen-bond acceptors (Lipinski definition) is 4. The summed E-state index contributed by atoms with van der Waals surface area (Å²) in [6, 6.07) is 5.63. The Hall–Kier alpha value is -2.04. The highest BCUT2D eigenvalue weighted by atomic mass is 16.5. The summed E-state index contributed by atoms with van der Waals surface area (Å²) in [7, 11) is 0. The molecule has 2 heterocycles. The van der Waals surface area contributed by atoms with E-state index in [9.17, 15) is 4.79 Å². The Morgan fingerprint density at radius 3 is 2.90 bits per heavy atom. The van der Waals surface area contributed by atoms with Crippen LogP contribution in [0.3, 0.4) is 0 Å². The van der Waals surface area contributed by atoms with Crippen molar-refractivity contribution >= 4 is 11.9 Å². The molecule has 2 aliphatic rings. The van der Waals surface area contributed by atoms with Gasteiger partial charge in [-0.25, -0.2) is 4.99 Å². The first kappa shape index (κ1) is 13.9. The van der Waals surface area contributed by atoms with Crippen LogP contribution in [-0.4, -0.2) is 23.5 Å². The van der Waals surface area contributed by atoms with Crippen molar-refractivity contribution in [3.8, 4) is 5.75 Å². The Bertz CT molecular complexity index is 620. The third kappa shape index (κ3) is 2.60. The van der Waals surface area contributed by atoms with Crippen LogP contribution in [0.1, 0.15) is 44.9 Å². The van der Waals surface area contributed by atoms with Gasteiger partial charge in [-0.2, -0.15) is 0 Å². The number of aliphatic imine (C=N–C) groups is 1. The van der Waals surface area contributed by atoms with Crippen LogP contribution in [0.4, 0.5) is 0 Å². The zero-order valence-electron chi connectivity index (χ0n) is 12.9. The molecule has 0 spiro atoms. The van der Waals surface area contributed by atoms with Gasteiger partial charge >= 0.3 is 0 Å². The van der Waals surface area contributed by atoms with E-state index in [1.165, 1.54) is 0 Å². The summed E-state index contributed by atoms with van der Waals surface area (Å²) in [5, 5.41) is 5.92. The van der Waals surface area contributed by atoms with E-state index in [0.717, 1.165) is 23.3 Å². The van der Waals surface area contributed by atoms with Crippen LogP contribution in [0.5, 0.6) is 5.75 Å². The predicted octanol–water partition coefficient (Wildman–Crippen LogP) is 1.92. The van der Waals surface area contributed by atoms with Gasteiger partial charge in [-0.3, -0.25) is 10.1 Å². The van der Waals surface area contributed by atoms with Gasteiger partial charge < -0.3 is 10.1 Å². The number of guanidine groups is 1. The number of hydrogen-bond donors (Lipinski definition) is 2. The molecule has 0 aliphatic carbocycles. The Labute approximate surface area is 124 Å². The molecule has 2 N–H and O–H groups in total. The molecule has 1 unspecified atom stereocenters. The molecule has 0 saturated heterocycles. The summed E-state index contributed by atoms with van der Waals surface area (Å²) < 4.78 is 6.03. The second-order valence-electron chi connectivity index (χ2n) is 6.54. The Morgan fingerprint density at radius 1 is 1.43 bits per heavy atom. The number of nitrogens with zero attached hydrogens (tertiary/aromatic N) is 1. The lowest BCUT2D eigenvalue weighted by molar-refractivity contribution is -0.120. The quantitative estimate of drug-likeness (QED) is 0.873. The maximum Gasteiger partial charge on any atom is 0.256 e. The number of carbonyl (C=O) groups excluding carboxylic acids is 1. The van der Waals surface area contributed by atoms with Gasteiger partial charge in [0, 0.05) is 18.0 Å². The van der Waals surface area contributed by atoms with E-state index in [4.69, 9.17) is 4.74 Å². The molecule has 0 radical (unpaired) electrons. The topological polar surface area (TPSA) is 62.7 Å². The van der Waals surface area contributed by atoms with Crippen LogP contribution >= 0.6 is 0 Å². The third-order valence-corrected chi connectivity index (χ3v) is 3.59. The molecule has 1 atom stereocenters. The van der Waals surface area contributed by atoms with Crippen LogP contribution in [-0.2, 0) is 11.2 Å². The average Bonchev–Trinajstić information content (AvgIpc) is 2.86. The number of carbonyl (C=O) groups is 1. The monoisotopic (exact) mass is 287 g/mol. The van der Waals surface area contributed by atoms with Crippen molar-refractivity contribution in [2.24, 2.45) is 4.99 Å². The molecular formula is C16H21N3O2. The largest absolute Gasteiger partial charge is 0.487 e. The molecular weight excluding hydrogens is 266 g/mol. The first-order valence-electron chi connectivity index (χ1n) is 7.32. The minimum absolute atomic E-state index is 0.111. The van der Waals surface area contributed by atoms with E-state index in [1.54, 1.807) is 0 Å². The fraction of sp³-hybridized carbons (Fsp3) is 0.500. The van der Waals surface area contributed by atoms with Crippen LogP contribution in [0.2, 0.25) is 0 Å². The van der Waals surface area contributed by atoms with Crippen LogP contribution in [0.25, 0.3) is 0 Å². The fourth-order valence-corrected chi connectivity index (χ4v) is 2.82. The first-order chi connectivity index (χ1) is 9.85. The number of nitrogens with one attached hydrogen (secondary N) is 2. The highest BCUT2D eigenvalue weighted by molar-refractivity contribution is 6.05.